The lowest BCUT2D eigenvalue weighted by atomic mass is 9.79. The Hall–Kier alpha value is -1.26. The number of carbonyl (C=O) groups excluding carboxylic acids is 1. The maximum absolute atomic E-state index is 11.3. The monoisotopic (exact) mass is 186 g/mol. The van der Waals surface area contributed by atoms with Crippen LogP contribution in [0, 0.1) is 5.92 Å². The SMILES string of the molecule is CN(C)C(=O)[C@H]1C[C@H](NC(=O)O)C1. The molecular weight excluding hydrogens is 172 g/mol. The van der Waals surface area contributed by atoms with E-state index in [2.05, 4.69) is 5.32 Å². The highest BCUT2D eigenvalue weighted by Gasteiger charge is 2.35. The number of carbonyl (C=O) groups is 2. The lowest BCUT2D eigenvalue weighted by molar-refractivity contribution is -0.136. The first-order valence-electron chi connectivity index (χ1n) is 4.21. The van der Waals surface area contributed by atoms with E-state index in [1.165, 1.54) is 0 Å². The zero-order valence-corrected chi connectivity index (χ0v) is 7.78. The Kier molecular flexibility index (Phi) is 2.75. The van der Waals surface area contributed by atoms with Gasteiger partial charge in [-0.05, 0) is 12.8 Å². The molecule has 1 rings (SSSR count). The van der Waals surface area contributed by atoms with Crippen molar-refractivity contribution < 1.29 is 14.7 Å². The highest BCUT2D eigenvalue weighted by molar-refractivity contribution is 5.79. The van der Waals surface area contributed by atoms with Crippen LogP contribution in [0.5, 0.6) is 0 Å². The zero-order chi connectivity index (χ0) is 10.0. The third-order valence-corrected chi connectivity index (χ3v) is 2.26. The van der Waals surface area contributed by atoms with E-state index in [1.807, 2.05) is 0 Å². The van der Waals surface area contributed by atoms with Gasteiger partial charge in [0.15, 0.2) is 0 Å². The fraction of sp³-hybridized carbons (Fsp3) is 0.750. The van der Waals surface area contributed by atoms with Crippen molar-refractivity contribution in [2.45, 2.75) is 18.9 Å². The van der Waals surface area contributed by atoms with E-state index in [0.29, 0.717) is 12.8 Å². The molecule has 2 N–H and O–H groups in total. The van der Waals surface area contributed by atoms with Crippen molar-refractivity contribution >= 4 is 12.0 Å². The van der Waals surface area contributed by atoms with Gasteiger partial charge in [0.25, 0.3) is 0 Å². The van der Waals surface area contributed by atoms with Crippen LogP contribution in [0.2, 0.25) is 0 Å². The summed E-state index contributed by atoms with van der Waals surface area (Å²) < 4.78 is 0. The van der Waals surface area contributed by atoms with Crippen LogP contribution in [0.1, 0.15) is 12.8 Å². The molecule has 5 heteroatoms. The maximum Gasteiger partial charge on any atom is 0.404 e. The first-order chi connectivity index (χ1) is 6.00. The molecule has 0 bridgehead atoms. The van der Waals surface area contributed by atoms with Crippen LogP contribution in [0.25, 0.3) is 0 Å². The van der Waals surface area contributed by atoms with Gasteiger partial charge in [0.1, 0.15) is 0 Å². The summed E-state index contributed by atoms with van der Waals surface area (Å²) in [5.74, 6) is 0.0929. The summed E-state index contributed by atoms with van der Waals surface area (Å²) in [6.45, 7) is 0. The van der Waals surface area contributed by atoms with Crippen molar-refractivity contribution in [1.29, 1.82) is 0 Å². The quantitative estimate of drug-likeness (QED) is 0.643. The van der Waals surface area contributed by atoms with Gasteiger partial charge in [-0.1, -0.05) is 0 Å². The average molecular weight is 186 g/mol. The molecule has 1 aliphatic rings. The summed E-state index contributed by atoms with van der Waals surface area (Å²) in [6, 6.07) is -0.0357. The summed E-state index contributed by atoms with van der Waals surface area (Å²) >= 11 is 0. The number of rotatable bonds is 2. The van der Waals surface area contributed by atoms with E-state index >= 15 is 0 Å². The minimum Gasteiger partial charge on any atom is -0.465 e. The Morgan fingerprint density at radius 1 is 1.38 bits per heavy atom. The molecule has 13 heavy (non-hydrogen) atoms. The molecule has 0 aromatic carbocycles. The maximum atomic E-state index is 11.3. The van der Waals surface area contributed by atoms with Gasteiger partial charge < -0.3 is 15.3 Å². The molecule has 0 atom stereocenters. The molecule has 0 heterocycles. The van der Waals surface area contributed by atoms with E-state index in [1.54, 1.807) is 19.0 Å². The first kappa shape index (κ1) is 9.83. The van der Waals surface area contributed by atoms with Gasteiger partial charge in [0.05, 0.1) is 0 Å². The number of hydrogen-bond acceptors (Lipinski definition) is 2. The number of nitrogens with zero attached hydrogens (tertiary/aromatic N) is 1. The third-order valence-electron chi connectivity index (χ3n) is 2.26. The lowest BCUT2D eigenvalue weighted by Crippen LogP contribution is -2.48. The van der Waals surface area contributed by atoms with Crippen molar-refractivity contribution in [3.05, 3.63) is 0 Å². The zero-order valence-electron chi connectivity index (χ0n) is 7.78. The number of nitrogens with one attached hydrogen (secondary N) is 1. The Morgan fingerprint density at radius 2 is 1.92 bits per heavy atom. The molecule has 74 valence electrons. The molecule has 0 aromatic rings. The van der Waals surface area contributed by atoms with Crippen LogP contribution in [0.15, 0.2) is 0 Å². The molecule has 1 saturated carbocycles. The predicted molar refractivity (Wildman–Crippen MR) is 46.4 cm³/mol. The summed E-state index contributed by atoms with van der Waals surface area (Å²) in [5, 5.41) is 10.7. The molecule has 0 saturated heterocycles. The molecule has 0 unspecified atom stereocenters. The Bertz CT molecular complexity index is 221. The lowest BCUT2D eigenvalue weighted by Gasteiger charge is -2.35. The smallest absolute Gasteiger partial charge is 0.404 e. The van der Waals surface area contributed by atoms with Crippen molar-refractivity contribution in [1.82, 2.24) is 10.2 Å². The molecule has 2 amide bonds. The summed E-state index contributed by atoms with van der Waals surface area (Å²) in [6.07, 6.45) is 0.243. The molecule has 0 spiro atoms. The van der Waals surface area contributed by atoms with E-state index in [-0.39, 0.29) is 17.9 Å². The molecule has 1 aliphatic carbocycles. The normalized spacial score (nSPS) is 26.0. The minimum absolute atomic E-state index is 0.00634. The number of amides is 2. The second kappa shape index (κ2) is 3.64. The molecule has 0 aromatic heterocycles. The third kappa shape index (κ3) is 2.34. The van der Waals surface area contributed by atoms with Crippen LogP contribution >= 0.6 is 0 Å². The Balaban J connectivity index is 2.25. The van der Waals surface area contributed by atoms with Gasteiger partial charge in [-0.2, -0.15) is 0 Å². The van der Waals surface area contributed by atoms with E-state index in [4.69, 9.17) is 5.11 Å². The number of hydrogen-bond donors (Lipinski definition) is 2. The minimum atomic E-state index is -1.01. The molecule has 5 nitrogen and oxygen atoms in total. The van der Waals surface area contributed by atoms with Crippen LogP contribution in [0.3, 0.4) is 0 Å². The summed E-state index contributed by atoms with van der Waals surface area (Å²) in [5.41, 5.74) is 0. The second-order valence-corrected chi connectivity index (χ2v) is 3.55. The Labute approximate surface area is 76.7 Å². The Morgan fingerprint density at radius 3 is 2.31 bits per heavy atom. The van der Waals surface area contributed by atoms with Crippen LogP contribution in [0.4, 0.5) is 4.79 Å². The summed E-state index contributed by atoms with van der Waals surface area (Å²) in [7, 11) is 3.42. The van der Waals surface area contributed by atoms with Gasteiger partial charge in [-0.25, -0.2) is 4.79 Å². The highest BCUT2D eigenvalue weighted by Crippen LogP contribution is 2.28. The van der Waals surface area contributed by atoms with Crippen molar-refractivity contribution in [3.63, 3.8) is 0 Å². The largest absolute Gasteiger partial charge is 0.465 e. The molecule has 1 fully saturated rings. The average Bonchev–Trinajstić information content (AvgIpc) is 1.94. The van der Waals surface area contributed by atoms with E-state index in [0.717, 1.165) is 0 Å². The first-order valence-corrected chi connectivity index (χ1v) is 4.21. The van der Waals surface area contributed by atoms with Gasteiger partial charge in [-0.3, -0.25) is 4.79 Å². The fourth-order valence-corrected chi connectivity index (χ4v) is 1.48. The standard InChI is InChI=1S/C8H14N2O3/c1-10(2)7(11)5-3-6(4-5)9-8(12)13/h5-6,9H,3-4H2,1-2H3,(H,12,13)/t5-,6-. The van der Waals surface area contributed by atoms with Crippen molar-refractivity contribution in [3.8, 4) is 0 Å². The van der Waals surface area contributed by atoms with E-state index in [9.17, 15) is 9.59 Å². The van der Waals surface area contributed by atoms with Crippen LogP contribution in [-0.4, -0.2) is 42.1 Å². The summed E-state index contributed by atoms with van der Waals surface area (Å²) in [4.78, 5) is 23.1. The van der Waals surface area contributed by atoms with Gasteiger partial charge in [-0.15, -0.1) is 0 Å². The molecule has 0 aliphatic heterocycles. The predicted octanol–water partition coefficient (Wildman–Crippen LogP) is 0.121. The van der Waals surface area contributed by atoms with Crippen molar-refractivity contribution in [2.75, 3.05) is 14.1 Å². The van der Waals surface area contributed by atoms with Crippen LogP contribution in [-0.2, 0) is 4.79 Å². The fourth-order valence-electron chi connectivity index (χ4n) is 1.48. The highest BCUT2D eigenvalue weighted by atomic mass is 16.4. The second-order valence-electron chi connectivity index (χ2n) is 3.55. The van der Waals surface area contributed by atoms with Gasteiger partial charge in [0.2, 0.25) is 5.91 Å². The van der Waals surface area contributed by atoms with Crippen LogP contribution < -0.4 is 5.32 Å². The van der Waals surface area contributed by atoms with Gasteiger partial charge in [0, 0.05) is 26.1 Å². The molecule has 0 radical (unpaired) electrons. The van der Waals surface area contributed by atoms with Crippen molar-refractivity contribution in [2.24, 2.45) is 5.92 Å². The van der Waals surface area contributed by atoms with E-state index < -0.39 is 6.09 Å². The molecular formula is C8H14N2O3. The van der Waals surface area contributed by atoms with Gasteiger partial charge >= 0.3 is 6.09 Å². The number of carboxylic acid groups (broad SMARTS) is 1. The topological polar surface area (TPSA) is 69.6 Å².